The van der Waals surface area contributed by atoms with Crippen LogP contribution in [0, 0.1) is 0 Å². The number of rotatable bonds is 7. The number of para-hydroxylation sites is 3. The van der Waals surface area contributed by atoms with Crippen LogP contribution in [0.2, 0.25) is 0 Å². The zero-order valence-corrected chi connectivity index (χ0v) is 19.2. The van der Waals surface area contributed by atoms with E-state index in [9.17, 15) is 9.59 Å². The average Bonchev–Trinajstić information content (AvgIpc) is 2.90. The molecule has 2 amide bonds. The normalized spacial score (nSPS) is 14.8. The van der Waals surface area contributed by atoms with Crippen LogP contribution in [-0.2, 0) is 9.59 Å². The smallest absolute Gasteiger partial charge is 0.313 e. The molecule has 176 valence electrons. The Kier molecular flexibility index (Phi) is 7.72. The summed E-state index contributed by atoms with van der Waals surface area (Å²) in [6, 6.07) is 21.1. The van der Waals surface area contributed by atoms with Crippen molar-refractivity contribution in [2.75, 3.05) is 50.1 Å². The molecule has 2 heterocycles. The van der Waals surface area contributed by atoms with Crippen LogP contribution in [-0.4, -0.2) is 61.5 Å². The lowest BCUT2D eigenvalue weighted by Crippen LogP contribution is -2.50. The summed E-state index contributed by atoms with van der Waals surface area (Å²) in [5.41, 5.74) is 2.66. The summed E-state index contributed by atoms with van der Waals surface area (Å²) in [6.45, 7) is 3.72. The first-order valence-corrected chi connectivity index (χ1v) is 11.3. The second-order valence-corrected chi connectivity index (χ2v) is 8.03. The van der Waals surface area contributed by atoms with Gasteiger partial charge in [0.25, 0.3) is 0 Å². The van der Waals surface area contributed by atoms with Gasteiger partial charge in [0.05, 0.1) is 18.8 Å². The monoisotopic (exact) mass is 459 g/mol. The molecule has 1 unspecified atom stereocenters. The van der Waals surface area contributed by atoms with E-state index in [2.05, 4.69) is 37.6 Å². The Bertz CT molecular complexity index is 1090. The second-order valence-electron chi connectivity index (χ2n) is 8.03. The number of nitrogens with zero attached hydrogens (tertiary/aromatic N) is 3. The summed E-state index contributed by atoms with van der Waals surface area (Å²) in [5.74, 6) is -0.931. The minimum absolute atomic E-state index is 0.0883. The fourth-order valence-corrected chi connectivity index (χ4v) is 4.16. The summed E-state index contributed by atoms with van der Waals surface area (Å²) >= 11 is 0. The highest BCUT2D eigenvalue weighted by Crippen LogP contribution is 2.24. The van der Waals surface area contributed by atoms with Crippen molar-refractivity contribution in [3.8, 4) is 5.75 Å². The van der Waals surface area contributed by atoms with Gasteiger partial charge in [-0.1, -0.05) is 36.4 Å². The van der Waals surface area contributed by atoms with Crippen LogP contribution in [0.5, 0.6) is 5.75 Å². The third kappa shape index (κ3) is 5.71. The van der Waals surface area contributed by atoms with Gasteiger partial charge < -0.3 is 20.3 Å². The Morgan fingerprint density at radius 2 is 1.68 bits per heavy atom. The van der Waals surface area contributed by atoms with Gasteiger partial charge in [0.2, 0.25) is 0 Å². The lowest BCUT2D eigenvalue weighted by atomic mass is 10.1. The molecule has 34 heavy (non-hydrogen) atoms. The van der Waals surface area contributed by atoms with Crippen LogP contribution in [0.15, 0.2) is 79.1 Å². The first kappa shape index (κ1) is 23.3. The molecule has 2 aromatic carbocycles. The molecule has 1 aliphatic heterocycles. The van der Waals surface area contributed by atoms with Crippen molar-refractivity contribution in [3.05, 3.63) is 84.7 Å². The topological polar surface area (TPSA) is 86.8 Å². The van der Waals surface area contributed by atoms with Crippen molar-refractivity contribution in [1.82, 2.24) is 15.2 Å². The van der Waals surface area contributed by atoms with Crippen LogP contribution < -0.4 is 20.3 Å². The van der Waals surface area contributed by atoms with Gasteiger partial charge in [0.1, 0.15) is 5.75 Å². The first-order chi connectivity index (χ1) is 16.7. The molecular formula is C26H29N5O3. The molecule has 0 bridgehead atoms. The fourth-order valence-electron chi connectivity index (χ4n) is 4.16. The molecule has 3 aromatic rings. The maximum atomic E-state index is 12.6. The van der Waals surface area contributed by atoms with Gasteiger partial charge in [-0.15, -0.1) is 0 Å². The molecule has 0 aliphatic carbocycles. The summed E-state index contributed by atoms with van der Waals surface area (Å²) < 4.78 is 5.24. The van der Waals surface area contributed by atoms with Crippen LogP contribution in [0.3, 0.4) is 0 Å². The molecule has 1 fully saturated rings. The van der Waals surface area contributed by atoms with Crippen molar-refractivity contribution in [1.29, 1.82) is 0 Å². The zero-order chi connectivity index (χ0) is 23.8. The number of aromatic nitrogens is 1. The number of carbonyl (C=O) groups excluding carboxylic acids is 2. The van der Waals surface area contributed by atoms with E-state index in [1.54, 1.807) is 30.5 Å². The zero-order valence-electron chi connectivity index (χ0n) is 19.2. The maximum Gasteiger partial charge on any atom is 0.313 e. The molecule has 4 rings (SSSR count). The van der Waals surface area contributed by atoms with Gasteiger partial charge >= 0.3 is 11.8 Å². The molecule has 8 nitrogen and oxygen atoms in total. The number of ether oxygens (including phenoxy) is 1. The van der Waals surface area contributed by atoms with Crippen LogP contribution >= 0.6 is 0 Å². The molecule has 2 N–H and O–H groups in total. The Morgan fingerprint density at radius 1 is 0.941 bits per heavy atom. The molecule has 1 aromatic heterocycles. The number of piperazine rings is 1. The van der Waals surface area contributed by atoms with Gasteiger partial charge in [-0.05, 0) is 35.9 Å². The van der Waals surface area contributed by atoms with Crippen molar-refractivity contribution >= 4 is 23.2 Å². The van der Waals surface area contributed by atoms with E-state index in [0.717, 1.165) is 31.7 Å². The van der Waals surface area contributed by atoms with Crippen LogP contribution in [0.1, 0.15) is 11.6 Å². The van der Waals surface area contributed by atoms with Crippen molar-refractivity contribution in [2.45, 2.75) is 6.04 Å². The molecular weight excluding hydrogens is 430 g/mol. The quantitative estimate of drug-likeness (QED) is 0.529. The highest BCUT2D eigenvalue weighted by molar-refractivity contribution is 6.39. The first-order valence-electron chi connectivity index (χ1n) is 11.3. The summed E-state index contributed by atoms with van der Waals surface area (Å²) in [7, 11) is 1.51. The van der Waals surface area contributed by atoms with E-state index in [1.165, 1.54) is 12.8 Å². The molecule has 1 aliphatic rings. The Labute approximate surface area is 199 Å². The Hall–Kier alpha value is -3.91. The summed E-state index contributed by atoms with van der Waals surface area (Å²) in [4.78, 5) is 34.0. The van der Waals surface area contributed by atoms with Crippen LogP contribution in [0.4, 0.5) is 11.4 Å². The van der Waals surface area contributed by atoms with Gasteiger partial charge in [-0.25, -0.2) is 0 Å². The third-order valence-corrected chi connectivity index (χ3v) is 5.96. The molecule has 0 spiro atoms. The van der Waals surface area contributed by atoms with Crippen LogP contribution in [0.25, 0.3) is 0 Å². The Morgan fingerprint density at radius 3 is 2.38 bits per heavy atom. The maximum absolute atomic E-state index is 12.6. The number of amides is 2. The minimum Gasteiger partial charge on any atom is -0.495 e. The average molecular weight is 460 g/mol. The standard InChI is InChI=1S/C26H29N5O3/c1-34-24-12-6-5-11-22(24)29-26(33)25(32)28-19-23(20-8-7-13-27-18-20)31-16-14-30(15-17-31)21-9-3-2-4-10-21/h2-13,18,23H,14-17,19H2,1H3,(H,28,32)(H,29,33). The second kappa shape index (κ2) is 11.3. The van der Waals surface area contributed by atoms with E-state index >= 15 is 0 Å². The highest BCUT2D eigenvalue weighted by Gasteiger charge is 2.27. The molecule has 1 saturated heterocycles. The Balaban J connectivity index is 1.39. The third-order valence-electron chi connectivity index (χ3n) is 5.96. The number of pyridine rings is 1. The number of anilines is 2. The largest absolute Gasteiger partial charge is 0.495 e. The number of carbonyl (C=O) groups is 2. The molecule has 0 radical (unpaired) electrons. The SMILES string of the molecule is COc1ccccc1NC(=O)C(=O)NCC(c1cccnc1)N1CCN(c2ccccc2)CC1. The summed E-state index contributed by atoms with van der Waals surface area (Å²) in [6.07, 6.45) is 3.54. The molecule has 8 heteroatoms. The van der Waals surface area contributed by atoms with Gasteiger partial charge in [0, 0.05) is 50.8 Å². The fraction of sp³-hybridized carbons (Fsp3) is 0.269. The highest BCUT2D eigenvalue weighted by atomic mass is 16.5. The van der Waals surface area contributed by atoms with Crippen molar-refractivity contribution in [3.63, 3.8) is 0 Å². The number of nitrogens with one attached hydrogen (secondary N) is 2. The van der Waals surface area contributed by atoms with E-state index in [4.69, 9.17) is 4.74 Å². The van der Waals surface area contributed by atoms with Crippen molar-refractivity contribution < 1.29 is 14.3 Å². The number of hydrogen-bond donors (Lipinski definition) is 2. The lowest BCUT2D eigenvalue weighted by molar-refractivity contribution is -0.136. The van der Waals surface area contributed by atoms with Gasteiger partial charge in [-0.2, -0.15) is 0 Å². The van der Waals surface area contributed by atoms with Gasteiger partial charge in [0.15, 0.2) is 0 Å². The van der Waals surface area contributed by atoms with E-state index in [1.807, 2.05) is 36.5 Å². The lowest BCUT2D eigenvalue weighted by Gasteiger charge is -2.40. The van der Waals surface area contributed by atoms with E-state index in [-0.39, 0.29) is 6.04 Å². The number of methoxy groups -OCH3 is 1. The predicted molar refractivity (Wildman–Crippen MR) is 132 cm³/mol. The minimum atomic E-state index is -0.733. The molecule has 0 saturated carbocycles. The summed E-state index contributed by atoms with van der Waals surface area (Å²) in [5, 5.41) is 5.42. The van der Waals surface area contributed by atoms with Crippen molar-refractivity contribution in [2.24, 2.45) is 0 Å². The van der Waals surface area contributed by atoms with E-state index in [0.29, 0.717) is 18.0 Å². The predicted octanol–water partition coefficient (Wildman–Crippen LogP) is 2.71. The number of benzene rings is 2. The molecule has 1 atom stereocenters. The number of hydrogen-bond acceptors (Lipinski definition) is 6. The van der Waals surface area contributed by atoms with Gasteiger partial charge in [-0.3, -0.25) is 19.5 Å². The van der Waals surface area contributed by atoms with E-state index < -0.39 is 11.8 Å².